The van der Waals surface area contributed by atoms with Gasteiger partial charge in [-0.15, -0.1) is 0 Å². The summed E-state index contributed by atoms with van der Waals surface area (Å²) < 4.78 is 23.6. The molecule has 0 aliphatic carbocycles. The highest BCUT2D eigenvalue weighted by atomic mass is 32.2. The van der Waals surface area contributed by atoms with Gasteiger partial charge in [0.05, 0.1) is 24.7 Å². The fraction of sp³-hybridized carbons (Fsp3) is 0.750. The van der Waals surface area contributed by atoms with Crippen LogP contribution in [0.5, 0.6) is 0 Å². The zero-order valence-electron chi connectivity index (χ0n) is 15.3. The van der Waals surface area contributed by atoms with Crippen LogP contribution in [0.1, 0.15) is 6.42 Å². The van der Waals surface area contributed by atoms with Crippen LogP contribution in [-0.2, 0) is 14.6 Å². The first kappa shape index (κ1) is 22.4. The Bertz CT molecular complexity index is 636. The molecule has 0 spiro atoms. The molecule has 0 bridgehead atoms. The van der Waals surface area contributed by atoms with Crippen LogP contribution in [0.3, 0.4) is 0 Å². The monoisotopic (exact) mass is 388 g/mol. The minimum atomic E-state index is -3.10. The van der Waals surface area contributed by atoms with E-state index in [4.69, 9.17) is 10.2 Å². The molecule has 1 heterocycles. The summed E-state index contributed by atoms with van der Waals surface area (Å²) in [6.07, 6.45) is 1.87. The smallest absolute Gasteiger partial charge is 0.266 e. The van der Waals surface area contributed by atoms with E-state index in [9.17, 15) is 18.5 Å². The summed E-state index contributed by atoms with van der Waals surface area (Å²) in [6.45, 7) is 0.565. The van der Waals surface area contributed by atoms with Crippen LogP contribution in [0.15, 0.2) is 11.8 Å². The van der Waals surface area contributed by atoms with E-state index in [1.165, 1.54) is 11.1 Å². The molecule has 26 heavy (non-hydrogen) atoms. The molecule has 0 radical (unpaired) electrons. The Hall–Kier alpha value is -1.67. The fourth-order valence-corrected chi connectivity index (χ4v) is 4.47. The average molecular weight is 388 g/mol. The SMILES string of the molecule is CN(C)CCN(/C=C(/C#N)C(=O)N(CCO)CCO)C1CCS(=O)(=O)C1. The van der Waals surface area contributed by atoms with Gasteiger partial charge in [-0.1, -0.05) is 0 Å². The average Bonchev–Trinajstić information content (AvgIpc) is 2.94. The molecule has 1 rings (SSSR count). The largest absolute Gasteiger partial charge is 0.395 e. The van der Waals surface area contributed by atoms with E-state index in [-0.39, 0.29) is 49.4 Å². The van der Waals surface area contributed by atoms with E-state index in [0.29, 0.717) is 19.5 Å². The number of carbonyl (C=O) groups is 1. The van der Waals surface area contributed by atoms with Crippen LogP contribution < -0.4 is 0 Å². The van der Waals surface area contributed by atoms with Crippen molar-refractivity contribution in [3.8, 4) is 6.07 Å². The Morgan fingerprint density at radius 1 is 1.19 bits per heavy atom. The van der Waals surface area contributed by atoms with E-state index in [2.05, 4.69) is 0 Å². The van der Waals surface area contributed by atoms with Crippen molar-refractivity contribution in [2.75, 3.05) is 65.0 Å². The lowest BCUT2D eigenvalue weighted by molar-refractivity contribution is -0.127. The van der Waals surface area contributed by atoms with E-state index in [1.807, 2.05) is 25.1 Å². The molecule has 1 saturated heterocycles. The maximum atomic E-state index is 12.5. The minimum absolute atomic E-state index is 0.000815. The number of likely N-dealkylation sites (N-methyl/N-ethyl adjacent to an activating group) is 1. The van der Waals surface area contributed by atoms with Gasteiger partial charge in [0.25, 0.3) is 5.91 Å². The highest BCUT2D eigenvalue weighted by Gasteiger charge is 2.32. The molecular weight excluding hydrogens is 360 g/mol. The lowest BCUT2D eigenvalue weighted by atomic mass is 10.2. The third-order valence-corrected chi connectivity index (χ3v) is 5.91. The molecule has 148 valence electrons. The Balaban J connectivity index is 3.05. The summed E-state index contributed by atoms with van der Waals surface area (Å²) in [5.74, 6) is -0.492. The number of carbonyl (C=O) groups excluding carboxylic acids is 1. The van der Waals surface area contributed by atoms with Crippen molar-refractivity contribution in [1.82, 2.24) is 14.7 Å². The number of hydrogen-bond acceptors (Lipinski definition) is 8. The second kappa shape index (κ2) is 10.5. The number of rotatable bonds is 10. The molecule has 2 N–H and O–H groups in total. The van der Waals surface area contributed by atoms with E-state index < -0.39 is 15.7 Å². The normalized spacial score (nSPS) is 19.4. The molecule has 1 aliphatic heterocycles. The fourth-order valence-electron chi connectivity index (χ4n) is 2.73. The molecule has 1 aliphatic rings. The summed E-state index contributed by atoms with van der Waals surface area (Å²) in [5, 5.41) is 27.5. The Morgan fingerprint density at radius 2 is 1.81 bits per heavy atom. The molecule has 0 saturated carbocycles. The van der Waals surface area contributed by atoms with Gasteiger partial charge in [-0.2, -0.15) is 5.26 Å². The third-order valence-electron chi connectivity index (χ3n) is 4.16. The maximum absolute atomic E-state index is 12.5. The highest BCUT2D eigenvalue weighted by molar-refractivity contribution is 7.91. The lowest BCUT2D eigenvalue weighted by Gasteiger charge is -2.29. The van der Waals surface area contributed by atoms with Crippen molar-refractivity contribution >= 4 is 15.7 Å². The molecule has 1 amide bonds. The Labute approximate surface area is 155 Å². The molecule has 9 nitrogen and oxygen atoms in total. The van der Waals surface area contributed by atoms with E-state index >= 15 is 0 Å². The number of aliphatic hydroxyl groups excluding tert-OH is 2. The first-order valence-corrected chi connectivity index (χ1v) is 10.3. The number of nitriles is 1. The van der Waals surface area contributed by atoms with Gasteiger partial charge in [-0.3, -0.25) is 4.79 Å². The first-order chi connectivity index (χ1) is 12.2. The van der Waals surface area contributed by atoms with E-state index in [0.717, 1.165) is 0 Å². The summed E-state index contributed by atoms with van der Waals surface area (Å²) in [7, 11) is 0.661. The number of aliphatic hydroxyl groups is 2. The van der Waals surface area contributed by atoms with Crippen molar-refractivity contribution < 1.29 is 23.4 Å². The predicted octanol–water partition coefficient (Wildman–Crippen LogP) is -1.74. The van der Waals surface area contributed by atoms with Crippen molar-refractivity contribution in [1.29, 1.82) is 5.26 Å². The summed E-state index contributed by atoms with van der Waals surface area (Å²) in [5.41, 5.74) is -0.144. The van der Waals surface area contributed by atoms with E-state index in [1.54, 1.807) is 4.90 Å². The molecule has 0 aromatic carbocycles. The van der Waals surface area contributed by atoms with Crippen LogP contribution in [0, 0.1) is 11.3 Å². The molecule has 1 atom stereocenters. The minimum Gasteiger partial charge on any atom is -0.395 e. The van der Waals surface area contributed by atoms with Crippen LogP contribution >= 0.6 is 0 Å². The van der Waals surface area contributed by atoms with Crippen molar-refractivity contribution in [3.05, 3.63) is 11.8 Å². The number of amides is 1. The second-order valence-corrected chi connectivity index (χ2v) is 8.72. The molecular formula is C16H28N4O5S. The van der Waals surface area contributed by atoms with Gasteiger partial charge >= 0.3 is 0 Å². The Kier molecular flexibility index (Phi) is 9.01. The third kappa shape index (κ3) is 6.92. The summed E-state index contributed by atoms with van der Waals surface area (Å²) in [4.78, 5) is 17.4. The van der Waals surface area contributed by atoms with Crippen molar-refractivity contribution in [2.24, 2.45) is 0 Å². The van der Waals surface area contributed by atoms with Crippen LogP contribution in [0.4, 0.5) is 0 Å². The molecule has 0 aromatic heterocycles. The molecule has 0 aromatic rings. The Morgan fingerprint density at radius 3 is 2.23 bits per heavy atom. The van der Waals surface area contributed by atoms with Gasteiger partial charge in [-0.05, 0) is 20.5 Å². The predicted molar refractivity (Wildman–Crippen MR) is 96.8 cm³/mol. The molecule has 1 fully saturated rings. The van der Waals surface area contributed by atoms with Gasteiger partial charge < -0.3 is 24.9 Å². The second-order valence-electron chi connectivity index (χ2n) is 6.49. The quantitative estimate of drug-likeness (QED) is 0.334. The lowest BCUT2D eigenvalue weighted by Crippen LogP contribution is -2.40. The van der Waals surface area contributed by atoms with Gasteiger partial charge in [0, 0.05) is 38.4 Å². The van der Waals surface area contributed by atoms with Crippen molar-refractivity contribution in [2.45, 2.75) is 12.5 Å². The van der Waals surface area contributed by atoms with Crippen LogP contribution in [-0.4, -0.2) is 110 Å². The zero-order valence-corrected chi connectivity index (χ0v) is 16.2. The van der Waals surface area contributed by atoms with Crippen molar-refractivity contribution in [3.63, 3.8) is 0 Å². The van der Waals surface area contributed by atoms with Gasteiger partial charge in [-0.25, -0.2) is 8.42 Å². The number of hydrogen-bond donors (Lipinski definition) is 2. The first-order valence-electron chi connectivity index (χ1n) is 8.48. The highest BCUT2D eigenvalue weighted by Crippen LogP contribution is 2.19. The van der Waals surface area contributed by atoms with Gasteiger partial charge in [0.1, 0.15) is 11.6 Å². The molecule has 1 unspecified atom stereocenters. The maximum Gasteiger partial charge on any atom is 0.266 e. The zero-order chi connectivity index (χ0) is 19.7. The summed E-state index contributed by atoms with van der Waals surface area (Å²) in [6, 6.07) is 1.59. The van der Waals surface area contributed by atoms with Gasteiger partial charge in [0.15, 0.2) is 9.84 Å². The summed E-state index contributed by atoms with van der Waals surface area (Å²) >= 11 is 0. The number of nitrogens with zero attached hydrogens (tertiary/aromatic N) is 4. The standard InChI is InChI=1S/C16H28N4O5S/c1-18(2)4-5-20(15-3-10-26(24,25)13-15)12-14(11-17)16(23)19(6-8-21)7-9-22/h12,15,21-22H,3-10,13H2,1-2H3/b14-12-. The van der Waals surface area contributed by atoms with Gasteiger partial charge in [0.2, 0.25) is 0 Å². The number of sulfone groups is 1. The topological polar surface area (TPSA) is 125 Å². The molecule has 10 heteroatoms. The van der Waals surface area contributed by atoms with Crippen LogP contribution in [0.2, 0.25) is 0 Å². The van der Waals surface area contributed by atoms with Crippen LogP contribution in [0.25, 0.3) is 0 Å².